The average Bonchev–Trinajstić information content (AvgIpc) is 2.61. The van der Waals surface area contributed by atoms with Crippen LogP contribution in [0.25, 0.3) is 11.6 Å². The van der Waals surface area contributed by atoms with Crippen LogP contribution in [0.5, 0.6) is 0 Å². The van der Waals surface area contributed by atoms with E-state index in [0.717, 1.165) is 27.8 Å². The first kappa shape index (κ1) is 16.2. The molecule has 0 aromatic heterocycles. The van der Waals surface area contributed by atoms with Gasteiger partial charge in [0.15, 0.2) is 5.78 Å². The maximum Gasteiger partial charge on any atom is 0.160 e. The van der Waals surface area contributed by atoms with Gasteiger partial charge in [0.05, 0.1) is 0 Å². The molecule has 3 rings (SSSR count). The molecule has 0 amide bonds. The van der Waals surface area contributed by atoms with Gasteiger partial charge in [-0.05, 0) is 47.4 Å². The highest BCUT2D eigenvalue weighted by Gasteiger charge is 2.12. The third kappa shape index (κ3) is 3.64. The van der Waals surface area contributed by atoms with Crippen LogP contribution in [-0.2, 0) is 0 Å². The molecule has 1 nitrogen and oxygen atoms in total. The minimum atomic E-state index is 0.0542. The molecule has 0 bridgehead atoms. The van der Waals surface area contributed by atoms with Crippen LogP contribution in [0, 0.1) is 0 Å². The zero-order valence-electron chi connectivity index (χ0n) is 13.4. The Morgan fingerprint density at radius 2 is 1.38 bits per heavy atom. The molecule has 118 valence electrons. The highest BCUT2D eigenvalue weighted by atomic mass is 35.5. The topological polar surface area (TPSA) is 17.1 Å². The minimum Gasteiger partial charge on any atom is -0.294 e. The van der Waals surface area contributed by atoms with Crippen molar-refractivity contribution in [1.29, 1.82) is 0 Å². The number of carbonyl (C=O) groups excluding carboxylic acids is 1. The molecule has 24 heavy (non-hydrogen) atoms. The molecule has 0 atom stereocenters. The third-order valence-corrected chi connectivity index (χ3v) is 4.11. The lowest BCUT2D eigenvalue weighted by atomic mass is 9.91. The van der Waals surface area contributed by atoms with Crippen LogP contribution in [0.1, 0.15) is 34.0 Å². The lowest BCUT2D eigenvalue weighted by Gasteiger charge is -2.13. The maximum atomic E-state index is 12.1. The van der Waals surface area contributed by atoms with Crippen molar-refractivity contribution in [2.75, 3.05) is 0 Å². The summed E-state index contributed by atoms with van der Waals surface area (Å²) in [6.45, 7) is 1.60. The van der Waals surface area contributed by atoms with Crippen molar-refractivity contribution in [3.05, 3.63) is 106 Å². The van der Waals surface area contributed by atoms with Crippen molar-refractivity contribution >= 4 is 29.0 Å². The van der Waals surface area contributed by atoms with E-state index in [-0.39, 0.29) is 5.78 Å². The maximum absolute atomic E-state index is 12.1. The van der Waals surface area contributed by atoms with Crippen molar-refractivity contribution in [1.82, 2.24) is 0 Å². The van der Waals surface area contributed by atoms with Gasteiger partial charge in [0.2, 0.25) is 0 Å². The Morgan fingerprint density at radius 1 is 0.792 bits per heavy atom. The van der Waals surface area contributed by atoms with Crippen LogP contribution in [0.15, 0.2) is 78.9 Å². The molecule has 0 N–H and O–H groups in total. The summed E-state index contributed by atoms with van der Waals surface area (Å²) in [5.74, 6) is 0.0542. The van der Waals surface area contributed by atoms with Crippen LogP contribution < -0.4 is 0 Å². The van der Waals surface area contributed by atoms with E-state index in [1.807, 2.05) is 78.9 Å². The van der Waals surface area contributed by atoms with Crippen LogP contribution >= 0.6 is 11.6 Å². The summed E-state index contributed by atoms with van der Waals surface area (Å²) in [4.78, 5) is 12.1. The highest BCUT2D eigenvalue weighted by Crippen LogP contribution is 2.29. The Kier molecular flexibility index (Phi) is 4.93. The summed E-state index contributed by atoms with van der Waals surface area (Å²) in [6.07, 6.45) is 2.10. The fourth-order valence-electron chi connectivity index (χ4n) is 2.69. The standard InChI is InChI=1S/C22H17ClO/c1-16(24)20-9-5-6-10-21(20)22(15-17-7-3-2-4-8-17)18-11-13-19(23)14-12-18/h2-15H,1H3. The first-order chi connectivity index (χ1) is 11.6. The predicted octanol–water partition coefficient (Wildman–Crippen LogP) is 6.13. The molecular formula is C22H17ClO. The molecule has 3 aromatic carbocycles. The second kappa shape index (κ2) is 7.29. The quantitative estimate of drug-likeness (QED) is 0.415. The van der Waals surface area contributed by atoms with Gasteiger partial charge >= 0.3 is 0 Å². The smallest absolute Gasteiger partial charge is 0.160 e. The van der Waals surface area contributed by atoms with Gasteiger partial charge in [-0.3, -0.25) is 4.79 Å². The minimum absolute atomic E-state index is 0.0542. The van der Waals surface area contributed by atoms with Gasteiger partial charge in [-0.25, -0.2) is 0 Å². The normalized spacial score (nSPS) is 11.3. The molecule has 0 fully saturated rings. The number of hydrogen-bond acceptors (Lipinski definition) is 1. The summed E-state index contributed by atoms with van der Waals surface area (Å²) >= 11 is 6.03. The van der Waals surface area contributed by atoms with E-state index in [9.17, 15) is 4.79 Å². The van der Waals surface area contributed by atoms with Crippen molar-refractivity contribution in [2.24, 2.45) is 0 Å². The molecule has 0 aliphatic rings. The number of hydrogen-bond donors (Lipinski definition) is 0. The van der Waals surface area contributed by atoms with Crippen molar-refractivity contribution < 1.29 is 4.79 Å². The number of rotatable bonds is 4. The second-order valence-electron chi connectivity index (χ2n) is 5.58. The molecular weight excluding hydrogens is 316 g/mol. The largest absolute Gasteiger partial charge is 0.294 e. The molecule has 3 aromatic rings. The Bertz CT molecular complexity index is 877. The third-order valence-electron chi connectivity index (χ3n) is 3.86. The Morgan fingerprint density at radius 3 is 2.00 bits per heavy atom. The van der Waals surface area contributed by atoms with Crippen molar-refractivity contribution in [3.63, 3.8) is 0 Å². The molecule has 0 spiro atoms. The number of carbonyl (C=O) groups is 1. The van der Waals surface area contributed by atoms with Crippen LogP contribution in [-0.4, -0.2) is 5.78 Å². The fourth-order valence-corrected chi connectivity index (χ4v) is 2.81. The average molecular weight is 333 g/mol. The SMILES string of the molecule is CC(=O)c1ccccc1C(=Cc1ccccc1)c1ccc(Cl)cc1. The molecule has 0 saturated carbocycles. The number of ketones is 1. The summed E-state index contributed by atoms with van der Waals surface area (Å²) in [6, 6.07) is 25.5. The van der Waals surface area contributed by atoms with Crippen LogP contribution in [0.4, 0.5) is 0 Å². The second-order valence-corrected chi connectivity index (χ2v) is 6.01. The lowest BCUT2D eigenvalue weighted by Crippen LogP contribution is -2.00. The Labute approximate surface area is 147 Å². The lowest BCUT2D eigenvalue weighted by molar-refractivity contribution is 0.101. The zero-order chi connectivity index (χ0) is 16.9. The zero-order valence-corrected chi connectivity index (χ0v) is 14.1. The van der Waals surface area contributed by atoms with E-state index in [0.29, 0.717) is 5.02 Å². The van der Waals surface area contributed by atoms with E-state index >= 15 is 0 Å². The summed E-state index contributed by atoms with van der Waals surface area (Å²) in [5.41, 5.74) is 4.76. The van der Waals surface area contributed by atoms with E-state index in [4.69, 9.17) is 11.6 Å². The summed E-state index contributed by atoms with van der Waals surface area (Å²) in [7, 11) is 0. The van der Waals surface area contributed by atoms with E-state index in [1.165, 1.54) is 0 Å². The molecule has 0 aliphatic carbocycles. The van der Waals surface area contributed by atoms with Gasteiger partial charge in [-0.2, -0.15) is 0 Å². The molecule has 0 radical (unpaired) electrons. The van der Waals surface area contributed by atoms with E-state index in [2.05, 4.69) is 6.08 Å². The Hall–Kier alpha value is -2.64. The van der Waals surface area contributed by atoms with Gasteiger partial charge in [-0.15, -0.1) is 0 Å². The van der Waals surface area contributed by atoms with Crippen LogP contribution in [0.2, 0.25) is 5.02 Å². The highest BCUT2D eigenvalue weighted by molar-refractivity contribution is 6.30. The predicted molar refractivity (Wildman–Crippen MR) is 101 cm³/mol. The molecule has 2 heteroatoms. The van der Waals surface area contributed by atoms with Gasteiger partial charge in [0.1, 0.15) is 0 Å². The van der Waals surface area contributed by atoms with Crippen molar-refractivity contribution in [2.45, 2.75) is 6.92 Å². The van der Waals surface area contributed by atoms with E-state index < -0.39 is 0 Å². The molecule has 0 unspecified atom stereocenters. The van der Waals surface area contributed by atoms with Crippen molar-refractivity contribution in [3.8, 4) is 0 Å². The first-order valence-electron chi connectivity index (χ1n) is 7.78. The Balaban J connectivity index is 2.22. The van der Waals surface area contributed by atoms with Crippen LogP contribution in [0.3, 0.4) is 0 Å². The van der Waals surface area contributed by atoms with Gasteiger partial charge in [-0.1, -0.05) is 78.3 Å². The first-order valence-corrected chi connectivity index (χ1v) is 8.16. The number of Topliss-reactive ketones (excluding diaryl/α,β-unsaturated/α-hetero) is 1. The summed E-state index contributed by atoms with van der Waals surface area (Å²) in [5, 5.41) is 0.692. The van der Waals surface area contributed by atoms with Gasteiger partial charge in [0.25, 0.3) is 0 Å². The molecule has 0 saturated heterocycles. The number of halogens is 1. The monoisotopic (exact) mass is 332 g/mol. The van der Waals surface area contributed by atoms with E-state index in [1.54, 1.807) is 6.92 Å². The van der Waals surface area contributed by atoms with Gasteiger partial charge < -0.3 is 0 Å². The number of benzene rings is 3. The fraction of sp³-hybridized carbons (Fsp3) is 0.0455. The summed E-state index contributed by atoms with van der Waals surface area (Å²) < 4.78 is 0. The van der Waals surface area contributed by atoms with Gasteiger partial charge in [0, 0.05) is 10.6 Å². The molecule has 0 aliphatic heterocycles. The molecule has 0 heterocycles.